The molecule has 1 atom stereocenters. The number of thioether (sulfide) groups is 1. The SMILES string of the molecule is CSc1nn2c(N3CCN=C(N)[C@@H]3C)cc(C)nc2c1S(=O)(=O)c1ccccc1. The van der Waals surface area contributed by atoms with Gasteiger partial charge in [0.25, 0.3) is 0 Å². The normalized spacial score (nSPS) is 17.6. The van der Waals surface area contributed by atoms with E-state index < -0.39 is 9.84 Å². The molecule has 3 heterocycles. The number of aromatic nitrogens is 3. The molecule has 0 amide bonds. The summed E-state index contributed by atoms with van der Waals surface area (Å²) < 4.78 is 28.5. The van der Waals surface area contributed by atoms with Crippen LogP contribution in [0.4, 0.5) is 5.82 Å². The summed E-state index contributed by atoms with van der Waals surface area (Å²) in [5.41, 5.74) is 7.08. The number of sulfone groups is 1. The van der Waals surface area contributed by atoms with Crippen LogP contribution >= 0.6 is 11.8 Å². The second-order valence-electron chi connectivity index (χ2n) is 6.82. The molecule has 10 heteroatoms. The number of nitrogens with two attached hydrogens (primary N) is 1. The van der Waals surface area contributed by atoms with Crippen molar-refractivity contribution in [1.82, 2.24) is 14.6 Å². The molecule has 1 aliphatic rings. The summed E-state index contributed by atoms with van der Waals surface area (Å²) in [5.74, 6) is 1.30. The Morgan fingerprint density at radius 3 is 2.66 bits per heavy atom. The van der Waals surface area contributed by atoms with Gasteiger partial charge in [0.15, 0.2) is 10.5 Å². The summed E-state index contributed by atoms with van der Waals surface area (Å²) in [5, 5.41) is 5.03. The van der Waals surface area contributed by atoms with Crippen LogP contribution in [0, 0.1) is 6.92 Å². The Morgan fingerprint density at radius 2 is 1.97 bits per heavy atom. The number of aryl methyl sites for hydroxylation is 1. The van der Waals surface area contributed by atoms with Gasteiger partial charge in [-0.3, -0.25) is 4.99 Å². The zero-order valence-electron chi connectivity index (χ0n) is 16.4. The lowest BCUT2D eigenvalue weighted by atomic mass is 10.2. The van der Waals surface area contributed by atoms with Crippen LogP contribution in [0.3, 0.4) is 0 Å². The molecule has 2 aromatic heterocycles. The predicted molar refractivity (Wildman–Crippen MR) is 115 cm³/mol. The minimum absolute atomic E-state index is 0.120. The number of hydrogen-bond donors (Lipinski definition) is 1. The van der Waals surface area contributed by atoms with Crippen molar-refractivity contribution in [1.29, 1.82) is 0 Å². The molecule has 0 unspecified atom stereocenters. The second kappa shape index (κ2) is 7.34. The molecule has 29 heavy (non-hydrogen) atoms. The van der Waals surface area contributed by atoms with Crippen molar-refractivity contribution < 1.29 is 8.42 Å². The lowest BCUT2D eigenvalue weighted by molar-refractivity contribution is 0.594. The van der Waals surface area contributed by atoms with E-state index in [0.717, 1.165) is 5.82 Å². The Morgan fingerprint density at radius 1 is 1.24 bits per heavy atom. The van der Waals surface area contributed by atoms with Crippen LogP contribution in [0.2, 0.25) is 0 Å². The highest BCUT2D eigenvalue weighted by Crippen LogP contribution is 2.34. The van der Waals surface area contributed by atoms with E-state index in [-0.39, 0.29) is 15.8 Å². The van der Waals surface area contributed by atoms with Crippen molar-refractivity contribution in [2.75, 3.05) is 24.2 Å². The molecule has 0 saturated heterocycles. The number of amidine groups is 1. The van der Waals surface area contributed by atoms with Crippen LogP contribution in [0.1, 0.15) is 12.6 Å². The largest absolute Gasteiger partial charge is 0.386 e. The molecule has 1 aliphatic heterocycles. The number of anilines is 1. The van der Waals surface area contributed by atoms with Gasteiger partial charge in [0.05, 0.1) is 17.5 Å². The second-order valence-corrected chi connectivity index (χ2v) is 9.50. The summed E-state index contributed by atoms with van der Waals surface area (Å²) >= 11 is 1.29. The topological polar surface area (TPSA) is 106 Å². The zero-order valence-corrected chi connectivity index (χ0v) is 18.0. The fourth-order valence-corrected chi connectivity index (χ4v) is 5.87. The molecule has 4 rings (SSSR count). The molecule has 0 spiro atoms. The number of benzene rings is 1. The number of aliphatic imine (C=N–C) groups is 1. The standard InChI is InChI=1S/C19H22N6O2S2/c1-12-11-15(24-10-9-21-17(20)13(24)2)25-18(22-12)16(19(23-25)28-3)29(26,27)14-7-5-4-6-8-14/h4-8,11,13H,9-10H2,1-3H3,(H2,20,21)/t13-/m0/s1. The van der Waals surface area contributed by atoms with Gasteiger partial charge in [0.1, 0.15) is 16.7 Å². The Bertz CT molecular complexity index is 1200. The van der Waals surface area contributed by atoms with Gasteiger partial charge in [-0.15, -0.1) is 11.8 Å². The molecular formula is C19H22N6O2S2. The van der Waals surface area contributed by atoms with Gasteiger partial charge in [-0.2, -0.15) is 9.61 Å². The number of rotatable bonds is 4. The van der Waals surface area contributed by atoms with E-state index in [2.05, 4.69) is 20.0 Å². The Kier molecular flexibility index (Phi) is 4.99. The van der Waals surface area contributed by atoms with Crippen molar-refractivity contribution in [3.8, 4) is 0 Å². The fraction of sp³-hybridized carbons (Fsp3) is 0.316. The maximum atomic E-state index is 13.4. The number of hydrogen-bond acceptors (Lipinski definition) is 8. The van der Waals surface area contributed by atoms with Crippen molar-refractivity contribution in [2.24, 2.45) is 10.7 Å². The third-order valence-electron chi connectivity index (χ3n) is 4.97. The first-order valence-corrected chi connectivity index (χ1v) is 11.9. The monoisotopic (exact) mass is 430 g/mol. The molecule has 152 valence electrons. The summed E-state index contributed by atoms with van der Waals surface area (Å²) in [4.78, 5) is 11.3. The fourth-order valence-electron chi connectivity index (χ4n) is 3.46. The Hall–Kier alpha value is -2.59. The van der Waals surface area contributed by atoms with Crippen molar-refractivity contribution >= 4 is 38.9 Å². The first kappa shape index (κ1) is 19.7. The van der Waals surface area contributed by atoms with E-state index in [0.29, 0.717) is 35.3 Å². The van der Waals surface area contributed by atoms with Crippen LogP contribution in [0.25, 0.3) is 5.65 Å². The smallest absolute Gasteiger partial charge is 0.213 e. The van der Waals surface area contributed by atoms with Gasteiger partial charge in [-0.25, -0.2) is 13.4 Å². The molecule has 0 saturated carbocycles. The van der Waals surface area contributed by atoms with Crippen LogP contribution in [-0.2, 0) is 9.84 Å². The highest BCUT2D eigenvalue weighted by molar-refractivity contribution is 7.99. The maximum absolute atomic E-state index is 13.4. The minimum atomic E-state index is -3.79. The first-order chi connectivity index (χ1) is 13.8. The summed E-state index contributed by atoms with van der Waals surface area (Å²) in [6.07, 6.45) is 1.81. The zero-order chi connectivity index (χ0) is 20.8. The Balaban J connectivity index is 1.99. The van der Waals surface area contributed by atoms with E-state index in [1.165, 1.54) is 11.8 Å². The number of fused-ring (bicyclic) bond motifs is 1. The minimum Gasteiger partial charge on any atom is -0.386 e. The van der Waals surface area contributed by atoms with Crippen LogP contribution in [-0.4, -0.2) is 54.2 Å². The lowest BCUT2D eigenvalue weighted by Gasteiger charge is -2.33. The molecule has 8 nitrogen and oxygen atoms in total. The quantitative estimate of drug-likeness (QED) is 0.632. The average molecular weight is 431 g/mol. The van der Waals surface area contributed by atoms with Gasteiger partial charge >= 0.3 is 0 Å². The van der Waals surface area contributed by atoms with E-state index in [9.17, 15) is 8.42 Å². The van der Waals surface area contributed by atoms with Gasteiger partial charge in [0.2, 0.25) is 9.84 Å². The van der Waals surface area contributed by atoms with E-state index in [1.807, 2.05) is 26.2 Å². The molecule has 0 fully saturated rings. The maximum Gasteiger partial charge on any atom is 0.213 e. The molecule has 3 aromatic rings. The van der Waals surface area contributed by atoms with E-state index >= 15 is 0 Å². The highest BCUT2D eigenvalue weighted by Gasteiger charge is 2.31. The lowest BCUT2D eigenvalue weighted by Crippen LogP contribution is -2.48. The van der Waals surface area contributed by atoms with Crippen molar-refractivity contribution in [3.05, 3.63) is 42.1 Å². The van der Waals surface area contributed by atoms with Gasteiger partial charge in [0, 0.05) is 18.3 Å². The third-order valence-corrected chi connectivity index (χ3v) is 7.57. The van der Waals surface area contributed by atoms with Crippen LogP contribution in [0.5, 0.6) is 0 Å². The van der Waals surface area contributed by atoms with Gasteiger partial charge in [-0.05, 0) is 32.2 Å². The summed E-state index contributed by atoms with van der Waals surface area (Å²) in [7, 11) is -3.79. The summed E-state index contributed by atoms with van der Waals surface area (Å²) in [6, 6.07) is 10.2. The molecule has 0 aliphatic carbocycles. The number of nitrogens with zero attached hydrogens (tertiary/aromatic N) is 5. The van der Waals surface area contributed by atoms with Crippen molar-refractivity contribution in [2.45, 2.75) is 34.7 Å². The summed E-state index contributed by atoms with van der Waals surface area (Å²) in [6.45, 7) is 5.06. The highest BCUT2D eigenvalue weighted by atomic mass is 32.2. The predicted octanol–water partition coefficient (Wildman–Crippen LogP) is 2.16. The molecule has 2 N–H and O–H groups in total. The van der Waals surface area contributed by atoms with Gasteiger partial charge < -0.3 is 10.6 Å². The average Bonchev–Trinajstić information content (AvgIpc) is 3.09. The van der Waals surface area contributed by atoms with Crippen LogP contribution in [0.15, 0.2) is 56.2 Å². The molecule has 1 aromatic carbocycles. The Labute approximate surface area is 173 Å². The van der Waals surface area contributed by atoms with Gasteiger partial charge in [-0.1, -0.05) is 18.2 Å². The van der Waals surface area contributed by atoms with E-state index in [1.54, 1.807) is 34.8 Å². The van der Waals surface area contributed by atoms with Crippen molar-refractivity contribution in [3.63, 3.8) is 0 Å². The molecule has 0 bridgehead atoms. The molecular weight excluding hydrogens is 408 g/mol. The molecule has 0 radical (unpaired) electrons. The first-order valence-electron chi connectivity index (χ1n) is 9.15. The third kappa shape index (κ3) is 3.25. The van der Waals surface area contributed by atoms with Crippen LogP contribution < -0.4 is 10.6 Å². The van der Waals surface area contributed by atoms with E-state index in [4.69, 9.17) is 5.73 Å².